The summed E-state index contributed by atoms with van der Waals surface area (Å²) < 4.78 is 6.47. The molecule has 9 nitrogen and oxygen atoms in total. The van der Waals surface area contributed by atoms with E-state index < -0.39 is 11.9 Å². The van der Waals surface area contributed by atoms with Crippen LogP contribution in [0.5, 0.6) is 23.0 Å². The minimum absolute atomic E-state index is 0.118. The Morgan fingerprint density at radius 3 is 0.915 bits per heavy atom. The third-order valence-corrected chi connectivity index (χ3v) is 13.5. The van der Waals surface area contributed by atoms with E-state index in [0.717, 1.165) is 32.0 Å². The largest absolute Gasteiger partial charge is 0.506 e. The van der Waals surface area contributed by atoms with Gasteiger partial charge in [-0.25, -0.2) is 9.59 Å². The van der Waals surface area contributed by atoms with Crippen molar-refractivity contribution in [2.45, 2.75) is 144 Å². The Bertz CT molecular complexity index is 2120. The molecule has 0 atom stereocenters. The van der Waals surface area contributed by atoms with Crippen molar-refractivity contribution < 1.29 is 39.9 Å². The maximum Gasteiger partial charge on any atom is 0.328 e. The molecule has 8 bridgehead atoms. The first-order valence-electron chi connectivity index (χ1n) is 19.1. The van der Waals surface area contributed by atoms with Gasteiger partial charge in [-0.1, -0.05) is 130 Å². The maximum absolute atomic E-state index is 12.0. The van der Waals surface area contributed by atoms with Gasteiger partial charge in [-0.05, 0) is 92.4 Å². The van der Waals surface area contributed by atoms with Crippen molar-refractivity contribution in [3.8, 4) is 23.0 Å². The highest BCUT2D eigenvalue weighted by Gasteiger charge is 2.29. The van der Waals surface area contributed by atoms with Crippen molar-refractivity contribution >= 4 is 59.0 Å². The summed E-state index contributed by atoms with van der Waals surface area (Å²) in [5.74, 6) is -1.43. The summed E-state index contributed by atoms with van der Waals surface area (Å²) in [6.45, 7) is 26.6. The van der Waals surface area contributed by atoms with E-state index in [1.807, 2.05) is 24.3 Å². The summed E-state index contributed by atoms with van der Waals surface area (Å²) in [5, 5.41) is 51.7. The van der Waals surface area contributed by atoms with Crippen LogP contribution in [-0.4, -0.2) is 50.6 Å². The van der Waals surface area contributed by atoms with Gasteiger partial charge in [-0.2, -0.15) is 0 Å². The molecule has 0 radical (unpaired) electrons. The van der Waals surface area contributed by atoms with Crippen LogP contribution < -0.4 is 10.5 Å². The zero-order valence-electron chi connectivity index (χ0n) is 35.9. The Hall–Kier alpha value is -3.88. The zero-order valence-corrected chi connectivity index (χ0v) is 39.1. The molecule has 0 saturated heterocycles. The minimum atomic E-state index is -1.26. The first-order chi connectivity index (χ1) is 27.1. The number of carboxylic acids is 2. The molecule has 4 aromatic rings. The molecule has 1 aliphatic rings. The van der Waals surface area contributed by atoms with E-state index in [1.165, 1.54) is 47.0 Å². The number of carboxylic acid groups (broad SMARTS) is 2. The average molecular weight is 880 g/mol. The molecule has 0 aromatic heterocycles. The van der Waals surface area contributed by atoms with Crippen LogP contribution in [0.15, 0.2) is 99.8 Å². The van der Waals surface area contributed by atoms with Crippen molar-refractivity contribution in [1.29, 1.82) is 0 Å². The summed E-state index contributed by atoms with van der Waals surface area (Å²) in [6.07, 6.45) is 1.12. The Labute approximate surface area is 365 Å². The average Bonchev–Trinajstić information content (AvgIpc) is 3.09. The van der Waals surface area contributed by atoms with E-state index in [4.69, 9.17) is 20.7 Å². The number of aromatic hydroxyl groups is 3. The zero-order chi connectivity index (χ0) is 44.4. The van der Waals surface area contributed by atoms with Gasteiger partial charge in [0.2, 0.25) is 0 Å². The Kier molecular flexibility index (Phi) is 14.9. The van der Waals surface area contributed by atoms with E-state index in [-0.39, 0.29) is 38.9 Å². The number of carbonyl (C=O) groups is 2. The van der Waals surface area contributed by atoms with Crippen LogP contribution in [0.4, 0.5) is 0 Å². The third kappa shape index (κ3) is 12.3. The van der Waals surface area contributed by atoms with Gasteiger partial charge in [-0.3, -0.25) is 0 Å². The minimum Gasteiger partial charge on any atom is -0.506 e. The molecule has 5 rings (SSSR count). The van der Waals surface area contributed by atoms with E-state index in [1.54, 1.807) is 0 Å². The van der Waals surface area contributed by atoms with Crippen LogP contribution in [0.1, 0.15) is 105 Å². The maximum atomic E-state index is 12.0. The number of benzene rings is 4. The first kappa shape index (κ1) is 47.8. The highest BCUT2D eigenvalue weighted by molar-refractivity contribution is 8.01. The highest BCUT2D eigenvalue weighted by atomic mass is 32.2. The van der Waals surface area contributed by atoms with Crippen LogP contribution >= 0.6 is 47.0 Å². The molecule has 0 fully saturated rings. The number of phenols is 3. The quantitative estimate of drug-likeness (QED) is 0.0923. The Morgan fingerprint density at radius 1 is 0.492 bits per heavy atom. The number of hydrogen-bond donors (Lipinski definition) is 6. The van der Waals surface area contributed by atoms with Gasteiger partial charge < -0.3 is 36.0 Å². The lowest BCUT2D eigenvalue weighted by molar-refractivity contribution is -0.134. The normalized spacial score (nSPS) is 13.4. The number of rotatable bonds is 5. The number of aliphatic carboxylic acids is 2. The number of fused-ring (bicyclic) bond motifs is 8. The summed E-state index contributed by atoms with van der Waals surface area (Å²) in [5.41, 5.74) is 9.41. The molecule has 7 N–H and O–H groups in total. The second-order valence-corrected chi connectivity index (χ2v) is 22.7. The van der Waals surface area contributed by atoms with Crippen LogP contribution in [0.25, 0.3) is 0 Å². The van der Waals surface area contributed by atoms with E-state index in [2.05, 4.69) is 107 Å². The summed E-state index contributed by atoms with van der Waals surface area (Å²) >= 11 is 5.66. The van der Waals surface area contributed by atoms with Gasteiger partial charge in [0.05, 0.1) is 39.2 Å². The molecule has 0 amide bonds. The Morgan fingerprint density at radius 2 is 0.712 bits per heavy atom. The van der Waals surface area contributed by atoms with Gasteiger partial charge in [0.1, 0.15) is 29.6 Å². The lowest BCUT2D eigenvalue weighted by Gasteiger charge is -2.27. The second-order valence-electron chi connectivity index (χ2n) is 18.3. The Balaban J connectivity index is 0.000000870. The molecular weight excluding hydrogens is 823 g/mol. The number of nitrogens with two attached hydrogens (primary N) is 1. The SMILES string of the molecule is CC(C)(C)c1cc2c(O)c(c1)Sc1cc(C(C)(C)C)cc(c1O)Sc1cc(C(C)(C)C)cc(c1OCCN)Sc1cc(C(C)(C)C)cc(c1O)S2.O=C(O)/C=C\C(=O)O. The van der Waals surface area contributed by atoms with Gasteiger partial charge in [0.25, 0.3) is 0 Å². The monoisotopic (exact) mass is 879 g/mol. The number of phenolic OH excluding ortho intramolecular Hbond substituents is 3. The lowest BCUT2D eigenvalue weighted by atomic mass is 9.87. The topological polar surface area (TPSA) is 171 Å². The summed E-state index contributed by atoms with van der Waals surface area (Å²) in [7, 11) is 0. The van der Waals surface area contributed by atoms with E-state index in [0.29, 0.717) is 60.4 Å². The summed E-state index contributed by atoms with van der Waals surface area (Å²) in [4.78, 5) is 24.8. The highest BCUT2D eigenvalue weighted by Crippen LogP contribution is 2.55. The van der Waals surface area contributed by atoms with Gasteiger partial charge in [-0.15, -0.1) is 0 Å². The lowest BCUT2D eigenvalue weighted by Crippen LogP contribution is -2.14. The molecule has 13 heteroatoms. The summed E-state index contributed by atoms with van der Waals surface area (Å²) in [6, 6.07) is 16.5. The van der Waals surface area contributed by atoms with Crippen LogP contribution in [-0.2, 0) is 31.2 Å². The fourth-order valence-electron chi connectivity index (χ4n) is 5.59. The van der Waals surface area contributed by atoms with Gasteiger partial charge >= 0.3 is 11.9 Å². The molecular formula is C46H57NO8S4. The predicted octanol–water partition coefficient (Wildman–Crippen LogP) is 12.0. The molecule has 318 valence electrons. The van der Waals surface area contributed by atoms with Crippen molar-refractivity contribution in [2.24, 2.45) is 5.73 Å². The third-order valence-electron chi connectivity index (χ3n) is 9.22. The van der Waals surface area contributed by atoms with Gasteiger partial charge in [0.15, 0.2) is 0 Å². The van der Waals surface area contributed by atoms with E-state index >= 15 is 0 Å². The molecule has 59 heavy (non-hydrogen) atoms. The molecule has 1 aliphatic heterocycles. The first-order valence-corrected chi connectivity index (χ1v) is 22.4. The molecule has 0 aliphatic carbocycles. The standard InChI is InChI=1S/C42H53NO4S4.C4H4O4/c1-39(2,3)23-15-27-35(44)28(16-23)49-30-18-25(41(7,8)9)20-32(37(30)46)51-34-22-26(42(10,11)12)21-33(38(34)47-14-13-43)50-31-19-24(40(4,5)6)17-29(48-27)36(31)45;5-3(6)1-2-4(7)8/h15-22,44-46H,13-14,43H2,1-12H3;1-2H,(H,5,6)(H,7,8)/b;2-1-. The van der Waals surface area contributed by atoms with Crippen molar-refractivity contribution in [3.05, 3.63) is 82.9 Å². The van der Waals surface area contributed by atoms with Gasteiger partial charge in [0, 0.05) is 18.7 Å². The molecule has 0 spiro atoms. The van der Waals surface area contributed by atoms with E-state index in [9.17, 15) is 24.9 Å². The van der Waals surface area contributed by atoms with Crippen molar-refractivity contribution in [1.82, 2.24) is 0 Å². The van der Waals surface area contributed by atoms with Crippen LogP contribution in [0, 0.1) is 0 Å². The molecule has 1 heterocycles. The second kappa shape index (κ2) is 18.4. The fourth-order valence-corrected chi connectivity index (χ4v) is 10.0. The predicted molar refractivity (Wildman–Crippen MR) is 241 cm³/mol. The van der Waals surface area contributed by atoms with Crippen LogP contribution in [0.2, 0.25) is 0 Å². The molecule has 0 saturated carbocycles. The number of hydrogen-bond acceptors (Lipinski definition) is 11. The molecule has 4 aromatic carbocycles. The fraction of sp³-hybridized carbons (Fsp3) is 0.391. The van der Waals surface area contributed by atoms with Crippen molar-refractivity contribution in [2.75, 3.05) is 13.2 Å². The number of ether oxygens (including phenoxy) is 1. The smallest absolute Gasteiger partial charge is 0.328 e. The van der Waals surface area contributed by atoms with Crippen molar-refractivity contribution in [3.63, 3.8) is 0 Å². The van der Waals surface area contributed by atoms with Crippen LogP contribution in [0.3, 0.4) is 0 Å². The molecule has 0 unspecified atom stereocenters.